The summed E-state index contributed by atoms with van der Waals surface area (Å²) in [7, 11) is 1.70. The van der Waals surface area contributed by atoms with Crippen LogP contribution in [0.25, 0.3) is 0 Å². The van der Waals surface area contributed by atoms with Crippen molar-refractivity contribution >= 4 is 41.7 Å². The third kappa shape index (κ3) is 10.6. The van der Waals surface area contributed by atoms with Crippen LogP contribution in [0.1, 0.15) is 25.6 Å². The van der Waals surface area contributed by atoms with Gasteiger partial charge < -0.3 is 19.9 Å². The summed E-state index contributed by atoms with van der Waals surface area (Å²) in [4.78, 5) is 5.74. The summed E-state index contributed by atoms with van der Waals surface area (Å²) >= 11 is 1.71. The van der Waals surface area contributed by atoms with Crippen molar-refractivity contribution in [1.82, 2.24) is 25.4 Å². The fourth-order valence-corrected chi connectivity index (χ4v) is 3.45. The second kappa shape index (κ2) is 16.3. The zero-order valence-electron chi connectivity index (χ0n) is 17.6. The summed E-state index contributed by atoms with van der Waals surface area (Å²) < 4.78 is 20.1. The quantitative estimate of drug-likeness (QED) is 0.131. The third-order valence-corrected chi connectivity index (χ3v) is 5.23. The van der Waals surface area contributed by atoms with E-state index in [1.807, 2.05) is 12.1 Å². The minimum absolute atomic E-state index is 0. The lowest BCUT2D eigenvalue weighted by Gasteiger charge is -2.13. The zero-order valence-corrected chi connectivity index (χ0v) is 20.8. The van der Waals surface area contributed by atoms with E-state index in [1.165, 1.54) is 12.1 Å². The molecule has 0 fully saturated rings. The monoisotopic (exact) mass is 550 g/mol. The van der Waals surface area contributed by atoms with Gasteiger partial charge >= 0.3 is 0 Å². The summed E-state index contributed by atoms with van der Waals surface area (Å²) in [5.41, 5.74) is 0. The number of aryl methyl sites for hydroxylation is 1. The average Bonchev–Trinajstić information content (AvgIpc) is 3.19. The number of aliphatic imine (C=N–C) groups is 1. The van der Waals surface area contributed by atoms with Crippen LogP contribution < -0.4 is 10.6 Å². The van der Waals surface area contributed by atoms with Crippen molar-refractivity contribution in [1.29, 1.82) is 0 Å². The molecule has 0 saturated heterocycles. The number of thioether (sulfide) groups is 1. The number of hydrogen-bond acceptors (Lipinski definition) is 5. The molecule has 0 radical (unpaired) electrons. The Bertz CT molecular complexity index is 728. The molecule has 0 aliphatic heterocycles. The molecule has 1 heterocycles. The molecule has 0 bridgehead atoms. The smallest absolute Gasteiger partial charge is 0.191 e. The van der Waals surface area contributed by atoms with E-state index in [2.05, 4.69) is 37.3 Å². The molecule has 7 nitrogen and oxygen atoms in total. The third-order valence-electron chi connectivity index (χ3n) is 4.13. The molecule has 0 spiro atoms. The summed E-state index contributed by atoms with van der Waals surface area (Å²) in [6.45, 7) is 5.84. The van der Waals surface area contributed by atoms with Crippen LogP contribution in [0.15, 0.2) is 40.5 Å². The van der Waals surface area contributed by atoms with Gasteiger partial charge in [-0.25, -0.2) is 4.39 Å². The zero-order chi connectivity index (χ0) is 20.7. The number of ether oxygens (including phenoxy) is 1. The van der Waals surface area contributed by atoms with E-state index in [1.54, 1.807) is 25.2 Å². The van der Waals surface area contributed by atoms with Gasteiger partial charge in [-0.05, 0) is 42.9 Å². The molecule has 1 aromatic heterocycles. The van der Waals surface area contributed by atoms with Crippen LogP contribution in [0.5, 0.6) is 0 Å². The first kappa shape index (κ1) is 26.6. The first-order chi connectivity index (χ1) is 14.2. The first-order valence-electron chi connectivity index (χ1n) is 9.99. The number of methoxy groups -OCH3 is 1. The van der Waals surface area contributed by atoms with Gasteiger partial charge in [0, 0.05) is 51.2 Å². The van der Waals surface area contributed by atoms with Crippen LogP contribution in [0.2, 0.25) is 0 Å². The highest BCUT2D eigenvalue weighted by atomic mass is 127. The van der Waals surface area contributed by atoms with Crippen LogP contribution in [0.4, 0.5) is 4.39 Å². The molecule has 2 aromatic rings. The van der Waals surface area contributed by atoms with Crippen molar-refractivity contribution in [3.8, 4) is 0 Å². The lowest BCUT2D eigenvalue weighted by molar-refractivity contribution is 0.195. The van der Waals surface area contributed by atoms with Crippen molar-refractivity contribution in [2.75, 3.05) is 39.1 Å². The predicted octanol–water partition coefficient (Wildman–Crippen LogP) is 3.35. The van der Waals surface area contributed by atoms with Gasteiger partial charge in [0.2, 0.25) is 0 Å². The first-order valence-corrected chi connectivity index (χ1v) is 11.0. The molecule has 0 aliphatic rings. The van der Waals surface area contributed by atoms with Crippen molar-refractivity contribution in [3.63, 3.8) is 0 Å². The molecular weight excluding hydrogens is 518 g/mol. The highest BCUT2D eigenvalue weighted by Crippen LogP contribution is 2.18. The van der Waals surface area contributed by atoms with E-state index < -0.39 is 0 Å². The molecule has 2 N–H and O–H groups in total. The molecule has 10 heteroatoms. The molecule has 1 aromatic carbocycles. The largest absolute Gasteiger partial charge is 0.385 e. The van der Waals surface area contributed by atoms with Crippen molar-refractivity contribution in [2.45, 2.75) is 37.6 Å². The maximum absolute atomic E-state index is 12.9. The fourth-order valence-electron chi connectivity index (χ4n) is 2.61. The second-order valence-electron chi connectivity index (χ2n) is 6.38. The van der Waals surface area contributed by atoms with Gasteiger partial charge in [0.05, 0.1) is 0 Å². The summed E-state index contributed by atoms with van der Waals surface area (Å²) in [5, 5.41) is 14.8. The van der Waals surface area contributed by atoms with E-state index in [-0.39, 0.29) is 29.8 Å². The molecule has 0 unspecified atom stereocenters. The van der Waals surface area contributed by atoms with Crippen LogP contribution >= 0.6 is 35.7 Å². The lowest BCUT2D eigenvalue weighted by atomic mass is 10.4. The minimum atomic E-state index is -0.202. The normalized spacial score (nSPS) is 11.2. The lowest BCUT2D eigenvalue weighted by Crippen LogP contribution is -2.40. The molecular formula is C20H32FIN6OS. The Morgan fingerprint density at radius 1 is 1.20 bits per heavy atom. The Labute approximate surface area is 199 Å². The van der Waals surface area contributed by atoms with Gasteiger partial charge in [-0.3, -0.25) is 4.99 Å². The number of hydrogen-bond donors (Lipinski definition) is 2. The SMILES string of the molecule is CCc1nncn1CCNC(=NCCCSc1ccc(F)cc1)NCCCOC.I. The Balaban J connectivity index is 0.00000450. The molecule has 0 atom stereocenters. The summed E-state index contributed by atoms with van der Waals surface area (Å²) in [6.07, 6.45) is 4.49. The number of nitrogens with zero attached hydrogens (tertiary/aromatic N) is 4. The van der Waals surface area contributed by atoms with Crippen LogP contribution in [0.3, 0.4) is 0 Å². The number of rotatable bonds is 13. The van der Waals surface area contributed by atoms with Crippen LogP contribution in [-0.2, 0) is 17.7 Å². The number of benzene rings is 1. The molecule has 30 heavy (non-hydrogen) atoms. The Kier molecular flexibility index (Phi) is 14.5. The van der Waals surface area contributed by atoms with Gasteiger partial charge in [-0.2, -0.15) is 0 Å². The number of guanidine groups is 1. The van der Waals surface area contributed by atoms with Crippen molar-refractivity contribution in [3.05, 3.63) is 42.2 Å². The summed E-state index contributed by atoms with van der Waals surface area (Å²) in [5.74, 6) is 2.52. The molecule has 0 saturated carbocycles. The standard InChI is InChI=1S/C20H31FN6OS.HI/c1-3-19-26-25-16-27(19)13-12-24-20(22-10-4-14-28-2)23-11-5-15-29-18-8-6-17(21)7-9-18;/h6-9,16H,3-5,10-15H2,1-2H3,(H2,22,23,24);1H. The predicted molar refractivity (Wildman–Crippen MR) is 131 cm³/mol. The van der Waals surface area contributed by atoms with Crippen LogP contribution in [0, 0.1) is 5.82 Å². The van der Waals surface area contributed by atoms with Gasteiger partial charge in [-0.15, -0.1) is 45.9 Å². The van der Waals surface area contributed by atoms with E-state index in [0.29, 0.717) is 0 Å². The Hall–Kier alpha value is -1.40. The number of nitrogens with one attached hydrogen (secondary N) is 2. The van der Waals surface area contributed by atoms with Crippen LogP contribution in [-0.4, -0.2) is 59.8 Å². The molecule has 2 rings (SSSR count). The fraction of sp³-hybridized carbons (Fsp3) is 0.550. The van der Waals surface area contributed by atoms with E-state index in [0.717, 1.165) is 74.5 Å². The minimum Gasteiger partial charge on any atom is -0.385 e. The molecule has 168 valence electrons. The number of aromatic nitrogens is 3. The maximum Gasteiger partial charge on any atom is 0.191 e. The van der Waals surface area contributed by atoms with Crippen molar-refractivity contribution < 1.29 is 9.13 Å². The van der Waals surface area contributed by atoms with Gasteiger partial charge in [0.1, 0.15) is 18.0 Å². The molecule has 0 amide bonds. The highest BCUT2D eigenvalue weighted by Gasteiger charge is 2.03. The average molecular weight is 550 g/mol. The second-order valence-corrected chi connectivity index (χ2v) is 7.55. The van der Waals surface area contributed by atoms with Crippen molar-refractivity contribution in [2.24, 2.45) is 4.99 Å². The maximum atomic E-state index is 12.9. The number of halogens is 2. The van der Waals surface area contributed by atoms with Gasteiger partial charge in [-0.1, -0.05) is 6.92 Å². The van der Waals surface area contributed by atoms with E-state index in [4.69, 9.17) is 4.74 Å². The topological polar surface area (TPSA) is 76.4 Å². The van der Waals surface area contributed by atoms with E-state index >= 15 is 0 Å². The Morgan fingerprint density at radius 3 is 2.70 bits per heavy atom. The molecule has 0 aliphatic carbocycles. The van der Waals surface area contributed by atoms with Gasteiger partial charge in [0.25, 0.3) is 0 Å². The Morgan fingerprint density at radius 2 is 1.97 bits per heavy atom. The highest BCUT2D eigenvalue weighted by molar-refractivity contribution is 14.0. The summed E-state index contributed by atoms with van der Waals surface area (Å²) in [6, 6.07) is 6.60. The van der Waals surface area contributed by atoms with E-state index in [9.17, 15) is 4.39 Å². The van der Waals surface area contributed by atoms with Gasteiger partial charge in [0.15, 0.2) is 5.96 Å².